The van der Waals surface area contributed by atoms with E-state index in [0.717, 1.165) is 30.3 Å². The quantitative estimate of drug-likeness (QED) is 0.800. The van der Waals surface area contributed by atoms with E-state index in [-0.39, 0.29) is 30.1 Å². The number of aromatic nitrogens is 2. The molecule has 1 aromatic heterocycles. The van der Waals surface area contributed by atoms with Crippen molar-refractivity contribution >= 4 is 5.91 Å². The Morgan fingerprint density at radius 3 is 2.60 bits per heavy atom. The largest absolute Gasteiger partial charge is 0.352 e. The fourth-order valence-electron chi connectivity index (χ4n) is 2.10. The van der Waals surface area contributed by atoms with Crippen LogP contribution in [0.1, 0.15) is 37.3 Å². The van der Waals surface area contributed by atoms with Gasteiger partial charge < -0.3 is 5.32 Å². The summed E-state index contributed by atoms with van der Waals surface area (Å²) in [4.78, 5) is 36.0. The number of carbonyl (C=O) groups is 1. The Kier molecular flexibility index (Phi) is 2.93. The van der Waals surface area contributed by atoms with E-state index in [0.29, 0.717) is 0 Å². The Bertz CT molecular complexity index is 717. The number of nitrogens with one attached hydrogen (secondary N) is 1. The molecule has 2 aliphatic rings. The molecule has 0 aromatic carbocycles. The molecule has 1 N–H and O–H groups in total. The molecule has 1 heterocycles. The monoisotopic (exact) mass is 274 g/mol. The van der Waals surface area contributed by atoms with Crippen molar-refractivity contribution < 1.29 is 4.79 Å². The van der Waals surface area contributed by atoms with Gasteiger partial charge in [-0.25, -0.2) is 9.36 Å². The normalized spacial score (nSPS) is 17.6. The minimum atomic E-state index is -0.694. The zero-order chi connectivity index (χ0) is 14.3. The molecule has 0 atom stereocenters. The van der Waals surface area contributed by atoms with E-state index in [1.807, 2.05) is 0 Å². The Morgan fingerprint density at radius 1 is 1.35 bits per heavy atom. The maximum Gasteiger partial charge on any atom is 0.331 e. The highest BCUT2D eigenvalue weighted by Crippen LogP contribution is 2.33. The minimum Gasteiger partial charge on any atom is -0.352 e. The SMILES string of the molecule is N#Cc1cn(C2CC2)c(=O)n(CC(=O)NC2CC2)c1=O. The maximum absolute atomic E-state index is 12.2. The average molecular weight is 274 g/mol. The standard InChI is InChI=1S/C13H14N4O3/c14-5-8-6-16(10-3-4-10)13(20)17(12(8)19)7-11(18)15-9-1-2-9/h6,9-10H,1-4,7H2,(H,15,18). The molecule has 0 aliphatic heterocycles. The molecule has 1 amide bonds. The van der Waals surface area contributed by atoms with E-state index in [4.69, 9.17) is 5.26 Å². The fourth-order valence-corrected chi connectivity index (χ4v) is 2.10. The minimum absolute atomic E-state index is 0.0490. The van der Waals surface area contributed by atoms with Crippen molar-refractivity contribution in [2.45, 2.75) is 44.3 Å². The zero-order valence-electron chi connectivity index (χ0n) is 10.8. The van der Waals surface area contributed by atoms with Gasteiger partial charge in [-0.05, 0) is 25.7 Å². The Hall–Kier alpha value is -2.36. The highest BCUT2D eigenvalue weighted by Gasteiger charge is 2.28. The third kappa shape index (κ3) is 2.37. The van der Waals surface area contributed by atoms with Gasteiger partial charge >= 0.3 is 5.69 Å². The lowest BCUT2D eigenvalue weighted by Gasteiger charge is -2.10. The predicted molar refractivity (Wildman–Crippen MR) is 69.1 cm³/mol. The molecule has 20 heavy (non-hydrogen) atoms. The van der Waals surface area contributed by atoms with Crippen molar-refractivity contribution in [1.82, 2.24) is 14.5 Å². The fraction of sp³-hybridized carbons (Fsp3) is 0.538. The molecule has 0 bridgehead atoms. The van der Waals surface area contributed by atoms with Gasteiger partial charge in [0.05, 0.1) is 0 Å². The average Bonchev–Trinajstić information content (AvgIpc) is 3.27. The smallest absolute Gasteiger partial charge is 0.331 e. The molecular weight excluding hydrogens is 260 g/mol. The molecule has 3 rings (SSSR count). The first-order chi connectivity index (χ1) is 9.60. The van der Waals surface area contributed by atoms with Gasteiger partial charge in [-0.1, -0.05) is 0 Å². The van der Waals surface area contributed by atoms with Gasteiger partial charge in [0.25, 0.3) is 5.56 Å². The number of rotatable bonds is 4. The van der Waals surface area contributed by atoms with E-state index in [2.05, 4.69) is 5.32 Å². The van der Waals surface area contributed by atoms with Crippen LogP contribution >= 0.6 is 0 Å². The van der Waals surface area contributed by atoms with Crippen LogP contribution in [-0.4, -0.2) is 21.1 Å². The molecule has 7 nitrogen and oxygen atoms in total. The summed E-state index contributed by atoms with van der Waals surface area (Å²) in [6.45, 7) is -0.323. The van der Waals surface area contributed by atoms with Crippen molar-refractivity contribution in [3.8, 4) is 6.07 Å². The van der Waals surface area contributed by atoms with Crippen LogP contribution in [0.25, 0.3) is 0 Å². The second-order valence-electron chi connectivity index (χ2n) is 5.31. The van der Waals surface area contributed by atoms with E-state index in [1.54, 1.807) is 6.07 Å². The second-order valence-corrected chi connectivity index (χ2v) is 5.31. The van der Waals surface area contributed by atoms with E-state index >= 15 is 0 Å². The molecule has 1 aromatic rings. The third-order valence-corrected chi connectivity index (χ3v) is 3.50. The highest BCUT2D eigenvalue weighted by atomic mass is 16.2. The Balaban J connectivity index is 1.97. The summed E-state index contributed by atoms with van der Waals surface area (Å²) < 4.78 is 2.25. The summed E-state index contributed by atoms with van der Waals surface area (Å²) in [5.41, 5.74) is -1.31. The molecular formula is C13H14N4O3. The predicted octanol–water partition coefficient (Wildman–Crippen LogP) is -0.505. The van der Waals surface area contributed by atoms with Crippen LogP contribution in [0.5, 0.6) is 0 Å². The van der Waals surface area contributed by atoms with Crippen LogP contribution in [0.3, 0.4) is 0 Å². The lowest BCUT2D eigenvalue weighted by Crippen LogP contribution is -2.44. The molecule has 2 saturated carbocycles. The molecule has 0 saturated heterocycles. The summed E-state index contributed by atoms with van der Waals surface area (Å²) in [7, 11) is 0. The van der Waals surface area contributed by atoms with E-state index < -0.39 is 11.2 Å². The number of hydrogen-bond acceptors (Lipinski definition) is 4. The van der Waals surface area contributed by atoms with Gasteiger partial charge in [0.15, 0.2) is 0 Å². The van der Waals surface area contributed by atoms with Crippen molar-refractivity contribution in [2.75, 3.05) is 0 Å². The van der Waals surface area contributed by atoms with Crippen molar-refractivity contribution in [3.63, 3.8) is 0 Å². The van der Waals surface area contributed by atoms with Crippen molar-refractivity contribution in [3.05, 3.63) is 32.6 Å². The van der Waals surface area contributed by atoms with Crippen LogP contribution in [0.4, 0.5) is 0 Å². The molecule has 7 heteroatoms. The van der Waals surface area contributed by atoms with Crippen LogP contribution in [0.2, 0.25) is 0 Å². The summed E-state index contributed by atoms with van der Waals surface area (Å²) in [6, 6.07) is 2.01. The topological polar surface area (TPSA) is 96.9 Å². The molecule has 2 fully saturated rings. The first kappa shape index (κ1) is 12.7. The second kappa shape index (κ2) is 4.63. The Labute approximate surface area is 114 Å². The van der Waals surface area contributed by atoms with Crippen molar-refractivity contribution in [1.29, 1.82) is 5.26 Å². The molecule has 2 aliphatic carbocycles. The van der Waals surface area contributed by atoms with Gasteiger partial charge in [0, 0.05) is 18.3 Å². The molecule has 0 spiro atoms. The summed E-state index contributed by atoms with van der Waals surface area (Å²) >= 11 is 0. The summed E-state index contributed by atoms with van der Waals surface area (Å²) in [5.74, 6) is -0.357. The summed E-state index contributed by atoms with van der Waals surface area (Å²) in [6.07, 6.45) is 4.89. The number of nitrogens with zero attached hydrogens (tertiary/aromatic N) is 3. The van der Waals surface area contributed by atoms with Crippen LogP contribution in [0.15, 0.2) is 15.8 Å². The van der Waals surface area contributed by atoms with Crippen molar-refractivity contribution in [2.24, 2.45) is 0 Å². The number of hydrogen-bond donors (Lipinski definition) is 1. The van der Waals surface area contributed by atoms with Gasteiger partial charge in [0.2, 0.25) is 5.91 Å². The van der Waals surface area contributed by atoms with Gasteiger partial charge in [0.1, 0.15) is 18.2 Å². The molecule has 104 valence electrons. The number of carbonyl (C=O) groups excluding carboxylic acids is 1. The first-order valence-electron chi connectivity index (χ1n) is 6.65. The van der Waals surface area contributed by atoms with E-state index in [9.17, 15) is 14.4 Å². The van der Waals surface area contributed by atoms with Crippen LogP contribution in [-0.2, 0) is 11.3 Å². The third-order valence-electron chi connectivity index (χ3n) is 3.50. The van der Waals surface area contributed by atoms with E-state index in [1.165, 1.54) is 10.8 Å². The molecule has 0 unspecified atom stereocenters. The zero-order valence-corrected chi connectivity index (χ0v) is 10.8. The highest BCUT2D eigenvalue weighted by molar-refractivity contribution is 5.76. The van der Waals surface area contributed by atoms with Gasteiger partial charge in [-0.15, -0.1) is 0 Å². The van der Waals surface area contributed by atoms with Gasteiger partial charge in [-0.3, -0.25) is 14.2 Å². The maximum atomic E-state index is 12.2. The lowest BCUT2D eigenvalue weighted by atomic mass is 10.3. The number of nitriles is 1. The lowest BCUT2D eigenvalue weighted by molar-refractivity contribution is -0.121. The van der Waals surface area contributed by atoms with Crippen LogP contribution < -0.4 is 16.6 Å². The first-order valence-corrected chi connectivity index (χ1v) is 6.65. The Morgan fingerprint density at radius 2 is 2.05 bits per heavy atom. The number of amides is 1. The molecule has 0 radical (unpaired) electrons. The van der Waals surface area contributed by atoms with Gasteiger partial charge in [-0.2, -0.15) is 5.26 Å². The van der Waals surface area contributed by atoms with Crippen LogP contribution in [0, 0.1) is 11.3 Å². The summed E-state index contributed by atoms with van der Waals surface area (Å²) in [5, 5.41) is 11.7.